The van der Waals surface area contributed by atoms with Gasteiger partial charge in [0.2, 0.25) is 5.88 Å². The highest BCUT2D eigenvalue weighted by Crippen LogP contribution is 2.31. The molecular formula is C18H15N3O2S. The van der Waals surface area contributed by atoms with Crippen molar-refractivity contribution >= 4 is 27.3 Å². The minimum atomic E-state index is -0.971. The first kappa shape index (κ1) is 16.1. The summed E-state index contributed by atoms with van der Waals surface area (Å²) in [5, 5.41) is 10.0. The number of aromatic nitrogens is 2. The van der Waals surface area contributed by atoms with Crippen molar-refractivity contribution in [3.63, 3.8) is 0 Å². The monoisotopic (exact) mass is 337 g/mol. The van der Waals surface area contributed by atoms with Crippen LogP contribution in [0.25, 0.3) is 10.2 Å². The smallest absolute Gasteiger partial charge is 0.224 e. The van der Waals surface area contributed by atoms with Crippen LogP contribution in [0.2, 0.25) is 0 Å². The first-order valence-electron chi connectivity index (χ1n) is 7.51. The Bertz CT molecular complexity index is 894. The fraction of sp³-hybridized carbons (Fsp3) is 0.222. The first-order valence-corrected chi connectivity index (χ1v) is 8.32. The number of hydrogen-bond donors (Lipinski definition) is 0. The van der Waals surface area contributed by atoms with Gasteiger partial charge in [0.1, 0.15) is 5.01 Å². The number of nitriles is 1. The van der Waals surface area contributed by atoms with Crippen molar-refractivity contribution in [1.82, 2.24) is 9.97 Å². The molecule has 24 heavy (non-hydrogen) atoms. The molecule has 0 amide bonds. The van der Waals surface area contributed by atoms with Gasteiger partial charge >= 0.3 is 0 Å². The van der Waals surface area contributed by atoms with Gasteiger partial charge in [0.05, 0.1) is 28.0 Å². The number of fused-ring (bicyclic) bond motifs is 1. The summed E-state index contributed by atoms with van der Waals surface area (Å²) >= 11 is 1.36. The van der Waals surface area contributed by atoms with E-state index in [0.717, 1.165) is 10.2 Å². The van der Waals surface area contributed by atoms with E-state index in [2.05, 4.69) is 16.0 Å². The zero-order chi connectivity index (χ0) is 17.1. The highest BCUT2D eigenvalue weighted by molar-refractivity contribution is 7.18. The Morgan fingerprint density at radius 3 is 2.75 bits per heavy atom. The lowest BCUT2D eigenvalue weighted by Crippen LogP contribution is -2.16. The minimum Gasteiger partial charge on any atom is -0.474 e. The second-order valence-corrected chi connectivity index (χ2v) is 6.53. The number of para-hydroxylation sites is 1. The summed E-state index contributed by atoms with van der Waals surface area (Å²) in [6, 6.07) is 12.9. The quantitative estimate of drug-likeness (QED) is 0.658. The molecule has 0 aliphatic heterocycles. The standard InChI is InChI=1S/C18H15N3O2S/c1-11(2)23-17-12(6-5-9-20-17)16(22)13(10-19)18-21-14-7-3-4-8-15(14)24-18/h3-9,11,13H,1-2H3. The van der Waals surface area contributed by atoms with Crippen LogP contribution in [0, 0.1) is 11.3 Å². The minimum absolute atomic E-state index is 0.116. The lowest BCUT2D eigenvalue weighted by Gasteiger charge is -2.13. The van der Waals surface area contributed by atoms with Crippen molar-refractivity contribution in [3.8, 4) is 11.9 Å². The molecule has 5 nitrogen and oxygen atoms in total. The Morgan fingerprint density at radius 1 is 1.25 bits per heavy atom. The number of carbonyl (C=O) groups excluding carboxylic acids is 1. The van der Waals surface area contributed by atoms with Crippen LogP contribution in [0.5, 0.6) is 5.88 Å². The average Bonchev–Trinajstić information content (AvgIpc) is 2.99. The van der Waals surface area contributed by atoms with Gasteiger partial charge < -0.3 is 4.74 Å². The number of benzene rings is 1. The molecule has 0 radical (unpaired) electrons. The van der Waals surface area contributed by atoms with Crippen molar-refractivity contribution in [3.05, 3.63) is 53.2 Å². The van der Waals surface area contributed by atoms with Crippen LogP contribution in [0.3, 0.4) is 0 Å². The Hall–Kier alpha value is -2.78. The van der Waals surface area contributed by atoms with Crippen molar-refractivity contribution < 1.29 is 9.53 Å². The van der Waals surface area contributed by atoms with Crippen LogP contribution in [0.1, 0.15) is 35.1 Å². The molecule has 0 saturated carbocycles. The maximum Gasteiger partial charge on any atom is 0.224 e. The molecule has 6 heteroatoms. The Kier molecular flexibility index (Phi) is 4.54. The second kappa shape index (κ2) is 6.77. The number of carbonyl (C=O) groups is 1. The number of Topliss-reactive ketones (excluding diaryl/α,β-unsaturated/α-hetero) is 1. The third-order valence-electron chi connectivity index (χ3n) is 3.33. The molecule has 120 valence electrons. The molecule has 0 N–H and O–H groups in total. The molecule has 0 spiro atoms. The zero-order valence-corrected chi connectivity index (χ0v) is 14.1. The Morgan fingerprint density at radius 2 is 2.04 bits per heavy atom. The lowest BCUT2D eigenvalue weighted by atomic mass is 10.0. The van der Waals surface area contributed by atoms with Gasteiger partial charge in [0, 0.05) is 6.20 Å². The summed E-state index contributed by atoms with van der Waals surface area (Å²) in [4.78, 5) is 21.4. The number of thiazole rings is 1. The summed E-state index contributed by atoms with van der Waals surface area (Å²) in [6.07, 6.45) is 1.45. The maximum atomic E-state index is 12.9. The SMILES string of the molecule is CC(C)Oc1ncccc1C(=O)C(C#N)c1nc2ccccc2s1. The lowest BCUT2D eigenvalue weighted by molar-refractivity contribution is 0.0972. The highest BCUT2D eigenvalue weighted by atomic mass is 32.1. The first-order chi connectivity index (χ1) is 11.6. The molecule has 0 fully saturated rings. The Labute approximate surface area is 143 Å². The molecular weight excluding hydrogens is 322 g/mol. The van der Waals surface area contributed by atoms with Crippen LogP contribution in [-0.2, 0) is 0 Å². The van der Waals surface area contributed by atoms with E-state index in [1.807, 2.05) is 38.1 Å². The van der Waals surface area contributed by atoms with Crippen LogP contribution in [0.15, 0.2) is 42.6 Å². The van der Waals surface area contributed by atoms with E-state index in [9.17, 15) is 10.1 Å². The summed E-state index contributed by atoms with van der Waals surface area (Å²) in [6.45, 7) is 3.72. The van der Waals surface area contributed by atoms with Gasteiger partial charge in [-0.1, -0.05) is 12.1 Å². The van der Waals surface area contributed by atoms with Gasteiger partial charge in [-0.15, -0.1) is 11.3 Å². The van der Waals surface area contributed by atoms with Gasteiger partial charge in [0.15, 0.2) is 11.7 Å². The number of hydrogen-bond acceptors (Lipinski definition) is 6. The largest absolute Gasteiger partial charge is 0.474 e. The third kappa shape index (κ3) is 3.12. The second-order valence-electron chi connectivity index (χ2n) is 5.47. The number of ether oxygens (including phenoxy) is 1. The van der Waals surface area contributed by atoms with Gasteiger partial charge in [-0.2, -0.15) is 5.26 Å². The predicted molar refractivity (Wildman–Crippen MR) is 92.3 cm³/mol. The van der Waals surface area contributed by atoms with Crippen LogP contribution < -0.4 is 4.74 Å². The van der Waals surface area contributed by atoms with E-state index in [0.29, 0.717) is 10.6 Å². The molecule has 2 aromatic heterocycles. The fourth-order valence-corrected chi connectivity index (χ4v) is 3.30. The number of pyridine rings is 1. The fourth-order valence-electron chi connectivity index (χ4n) is 2.29. The molecule has 3 rings (SSSR count). The predicted octanol–water partition coefficient (Wildman–Crippen LogP) is 3.97. The molecule has 0 aliphatic rings. The van der Waals surface area contributed by atoms with E-state index < -0.39 is 5.92 Å². The van der Waals surface area contributed by atoms with E-state index >= 15 is 0 Å². The van der Waals surface area contributed by atoms with Gasteiger partial charge in [-0.25, -0.2) is 9.97 Å². The molecule has 2 heterocycles. The normalized spacial score (nSPS) is 12.1. The summed E-state index contributed by atoms with van der Waals surface area (Å²) in [5.41, 5.74) is 1.09. The molecule has 1 aromatic carbocycles. The van der Waals surface area contributed by atoms with Crippen LogP contribution in [-0.4, -0.2) is 21.9 Å². The molecule has 3 aromatic rings. The number of rotatable bonds is 5. The van der Waals surface area contributed by atoms with Gasteiger partial charge in [-0.3, -0.25) is 4.79 Å². The summed E-state index contributed by atoms with van der Waals surface area (Å²) < 4.78 is 6.55. The number of nitrogens with zero attached hydrogens (tertiary/aromatic N) is 3. The molecule has 0 bridgehead atoms. The van der Waals surface area contributed by atoms with Crippen molar-refractivity contribution in [1.29, 1.82) is 5.26 Å². The maximum absolute atomic E-state index is 12.9. The van der Waals surface area contributed by atoms with Crippen molar-refractivity contribution in [2.75, 3.05) is 0 Å². The van der Waals surface area contributed by atoms with Crippen LogP contribution in [0.4, 0.5) is 0 Å². The Balaban J connectivity index is 2.00. The van der Waals surface area contributed by atoms with Crippen LogP contribution >= 0.6 is 11.3 Å². The van der Waals surface area contributed by atoms with E-state index in [1.54, 1.807) is 18.3 Å². The summed E-state index contributed by atoms with van der Waals surface area (Å²) in [7, 11) is 0. The zero-order valence-electron chi connectivity index (χ0n) is 13.3. The van der Waals surface area contributed by atoms with Crippen molar-refractivity contribution in [2.45, 2.75) is 25.9 Å². The van der Waals surface area contributed by atoms with E-state index in [1.165, 1.54) is 11.3 Å². The molecule has 0 aliphatic carbocycles. The van der Waals surface area contributed by atoms with Gasteiger partial charge in [0.25, 0.3) is 0 Å². The number of ketones is 1. The summed E-state index contributed by atoms with van der Waals surface area (Å²) in [5.74, 6) is -1.07. The van der Waals surface area contributed by atoms with Gasteiger partial charge in [-0.05, 0) is 38.1 Å². The molecule has 1 atom stereocenters. The highest BCUT2D eigenvalue weighted by Gasteiger charge is 2.28. The van der Waals surface area contributed by atoms with Crippen molar-refractivity contribution in [2.24, 2.45) is 0 Å². The average molecular weight is 337 g/mol. The van der Waals surface area contributed by atoms with E-state index in [4.69, 9.17) is 4.74 Å². The van der Waals surface area contributed by atoms with E-state index in [-0.39, 0.29) is 17.8 Å². The topological polar surface area (TPSA) is 75.9 Å². The third-order valence-corrected chi connectivity index (χ3v) is 4.43. The molecule has 1 unspecified atom stereocenters. The molecule has 0 saturated heterocycles.